The molecule has 1 atom stereocenters. The molecule has 28 heavy (non-hydrogen) atoms. The lowest BCUT2D eigenvalue weighted by Crippen LogP contribution is -2.26. The molecule has 2 amide bonds. The van der Waals surface area contributed by atoms with Gasteiger partial charge in [-0.15, -0.1) is 11.3 Å². The molecule has 3 aromatic rings. The molecule has 0 aliphatic rings. The van der Waals surface area contributed by atoms with Gasteiger partial charge in [-0.1, -0.05) is 51.8 Å². The quantitative estimate of drug-likeness (QED) is 0.458. The number of anilines is 1. The minimum atomic E-state index is -0.304. The van der Waals surface area contributed by atoms with Crippen LogP contribution in [-0.2, 0) is 0 Å². The first-order chi connectivity index (χ1) is 13.3. The van der Waals surface area contributed by atoms with Crippen LogP contribution in [-0.4, -0.2) is 11.8 Å². The number of aryl methyl sites for hydroxylation is 1. The first kappa shape index (κ1) is 20.6. The molecule has 2 N–H and O–H groups in total. The Bertz CT molecular complexity index is 1020. The molecular formula is C21H18BrClN2O2S. The fourth-order valence-corrected chi connectivity index (χ4v) is 4.15. The smallest absolute Gasteiger partial charge is 0.262 e. The Kier molecular flexibility index (Phi) is 6.54. The lowest BCUT2D eigenvalue weighted by atomic mass is 10.1. The van der Waals surface area contributed by atoms with Crippen molar-refractivity contribution in [2.45, 2.75) is 19.9 Å². The van der Waals surface area contributed by atoms with E-state index in [1.165, 1.54) is 11.3 Å². The van der Waals surface area contributed by atoms with Crippen molar-refractivity contribution >= 4 is 55.7 Å². The summed E-state index contributed by atoms with van der Waals surface area (Å²) in [5.74, 6) is -0.474. The van der Waals surface area contributed by atoms with E-state index in [1.54, 1.807) is 30.3 Å². The van der Waals surface area contributed by atoms with Crippen molar-refractivity contribution in [2.24, 2.45) is 0 Å². The average Bonchev–Trinajstić information content (AvgIpc) is 3.02. The van der Waals surface area contributed by atoms with Gasteiger partial charge < -0.3 is 10.6 Å². The standard InChI is InChI=1S/C21H18BrClN2O2S/c1-12-11-18(25-20(26)16-5-3-4-6-17(16)23)28-19(12)21(27)24-13(2)14-7-9-15(22)10-8-14/h3-11,13H,1-2H3,(H,24,27)(H,25,26). The molecule has 1 heterocycles. The first-order valence-corrected chi connectivity index (χ1v) is 10.6. The summed E-state index contributed by atoms with van der Waals surface area (Å²) in [7, 11) is 0. The number of halogens is 2. The number of rotatable bonds is 5. The van der Waals surface area contributed by atoms with Crippen LogP contribution in [0.25, 0.3) is 0 Å². The number of hydrogen-bond acceptors (Lipinski definition) is 3. The van der Waals surface area contributed by atoms with Crippen LogP contribution in [0.2, 0.25) is 5.02 Å². The van der Waals surface area contributed by atoms with Gasteiger partial charge in [-0.25, -0.2) is 0 Å². The normalized spacial score (nSPS) is 11.7. The lowest BCUT2D eigenvalue weighted by Gasteiger charge is -2.14. The van der Waals surface area contributed by atoms with Gasteiger partial charge in [0.25, 0.3) is 11.8 Å². The second-order valence-corrected chi connectivity index (χ2v) is 8.68. The van der Waals surface area contributed by atoms with Crippen LogP contribution in [0.15, 0.2) is 59.1 Å². The van der Waals surface area contributed by atoms with Gasteiger partial charge >= 0.3 is 0 Å². The molecule has 0 aliphatic heterocycles. The number of amides is 2. The van der Waals surface area contributed by atoms with E-state index >= 15 is 0 Å². The predicted octanol–water partition coefficient (Wildman–Crippen LogP) is 6.22. The van der Waals surface area contributed by atoms with Crippen molar-refractivity contribution in [3.63, 3.8) is 0 Å². The van der Waals surface area contributed by atoms with E-state index in [4.69, 9.17) is 11.6 Å². The summed E-state index contributed by atoms with van der Waals surface area (Å²) in [5.41, 5.74) is 2.21. The first-order valence-electron chi connectivity index (χ1n) is 8.58. The fraction of sp³-hybridized carbons (Fsp3) is 0.143. The Morgan fingerprint density at radius 2 is 1.75 bits per heavy atom. The van der Waals surface area contributed by atoms with Crippen LogP contribution in [0.4, 0.5) is 5.00 Å². The van der Waals surface area contributed by atoms with E-state index in [2.05, 4.69) is 26.6 Å². The Hall–Kier alpha value is -2.15. The van der Waals surface area contributed by atoms with Gasteiger partial charge in [0.05, 0.1) is 26.5 Å². The molecule has 0 saturated heterocycles. The number of hydrogen-bond donors (Lipinski definition) is 2. The highest BCUT2D eigenvalue weighted by Crippen LogP contribution is 2.28. The molecule has 0 saturated carbocycles. The predicted molar refractivity (Wildman–Crippen MR) is 118 cm³/mol. The van der Waals surface area contributed by atoms with Gasteiger partial charge in [0.2, 0.25) is 0 Å². The van der Waals surface area contributed by atoms with E-state index in [0.29, 0.717) is 20.5 Å². The van der Waals surface area contributed by atoms with E-state index < -0.39 is 0 Å². The molecule has 7 heteroatoms. The summed E-state index contributed by atoms with van der Waals surface area (Å²) in [5, 5.41) is 6.80. The van der Waals surface area contributed by atoms with Gasteiger partial charge in [0, 0.05) is 4.47 Å². The average molecular weight is 478 g/mol. The third-order valence-corrected chi connectivity index (χ3v) is 6.21. The van der Waals surface area contributed by atoms with Gasteiger partial charge in [-0.3, -0.25) is 9.59 Å². The van der Waals surface area contributed by atoms with Crippen molar-refractivity contribution < 1.29 is 9.59 Å². The summed E-state index contributed by atoms with van der Waals surface area (Å²) in [6.07, 6.45) is 0. The van der Waals surface area contributed by atoms with Crippen LogP contribution in [0.5, 0.6) is 0 Å². The maximum Gasteiger partial charge on any atom is 0.262 e. The summed E-state index contributed by atoms with van der Waals surface area (Å²) in [4.78, 5) is 25.7. The van der Waals surface area contributed by atoms with Gasteiger partial charge in [0.1, 0.15) is 0 Å². The number of nitrogens with one attached hydrogen (secondary N) is 2. The Balaban J connectivity index is 1.71. The van der Waals surface area contributed by atoms with Gasteiger partial charge in [-0.05, 0) is 55.3 Å². The summed E-state index contributed by atoms with van der Waals surface area (Å²) >= 11 is 10.7. The van der Waals surface area contributed by atoms with Crippen LogP contribution in [0.3, 0.4) is 0 Å². The highest BCUT2D eigenvalue weighted by atomic mass is 79.9. The Morgan fingerprint density at radius 3 is 2.43 bits per heavy atom. The molecule has 144 valence electrons. The van der Waals surface area contributed by atoms with Crippen molar-refractivity contribution in [3.8, 4) is 0 Å². The second kappa shape index (κ2) is 8.90. The maximum atomic E-state index is 12.7. The molecule has 0 bridgehead atoms. The lowest BCUT2D eigenvalue weighted by molar-refractivity contribution is 0.0942. The molecule has 1 unspecified atom stereocenters. The molecular weight excluding hydrogens is 460 g/mol. The summed E-state index contributed by atoms with van der Waals surface area (Å²) in [6.45, 7) is 3.78. The third kappa shape index (κ3) is 4.82. The highest BCUT2D eigenvalue weighted by molar-refractivity contribution is 9.10. The molecule has 1 aromatic heterocycles. The number of carbonyl (C=O) groups excluding carboxylic acids is 2. The maximum absolute atomic E-state index is 12.7. The minimum absolute atomic E-state index is 0.136. The largest absolute Gasteiger partial charge is 0.345 e. The Morgan fingerprint density at radius 1 is 1.07 bits per heavy atom. The van der Waals surface area contributed by atoms with E-state index in [9.17, 15) is 9.59 Å². The molecule has 2 aromatic carbocycles. The molecule has 3 rings (SSSR count). The zero-order chi connectivity index (χ0) is 20.3. The van der Waals surface area contributed by atoms with Crippen molar-refractivity contribution in [3.05, 3.63) is 85.7 Å². The van der Waals surface area contributed by atoms with E-state index in [0.717, 1.165) is 15.6 Å². The zero-order valence-corrected chi connectivity index (χ0v) is 18.4. The summed E-state index contributed by atoms with van der Waals surface area (Å²) < 4.78 is 0.989. The fourth-order valence-electron chi connectivity index (χ4n) is 2.69. The monoisotopic (exact) mass is 476 g/mol. The zero-order valence-electron chi connectivity index (χ0n) is 15.3. The topological polar surface area (TPSA) is 58.2 Å². The van der Waals surface area contributed by atoms with E-state index in [-0.39, 0.29) is 17.9 Å². The van der Waals surface area contributed by atoms with Crippen molar-refractivity contribution in [2.75, 3.05) is 5.32 Å². The highest BCUT2D eigenvalue weighted by Gasteiger charge is 2.18. The van der Waals surface area contributed by atoms with E-state index in [1.807, 2.05) is 38.1 Å². The molecule has 0 spiro atoms. The number of thiophene rings is 1. The molecule has 0 radical (unpaired) electrons. The van der Waals surface area contributed by atoms with Crippen molar-refractivity contribution in [1.29, 1.82) is 0 Å². The number of benzene rings is 2. The van der Waals surface area contributed by atoms with Crippen LogP contribution >= 0.6 is 38.9 Å². The minimum Gasteiger partial charge on any atom is -0.345 e. The summed E-state index contributed by atoms with van der Waals surface area (Å²) in [6, 6.07) is 16.3. The van der Waals surface area contributed by atoms with Crippen LogP contribution in [0.1, 0.15) is 44.1 Å². The number of carbonyl (C=O) groups is 2. The second-order valence-electron chi connectivity index (χ2n) is 6.30. The third-order valence-electron chi connectivity index (χ3n) is 4.20. The van der Waals surface area contributed by atoms with Crippen LogP contribution < -0.4 is 10.6 Å². The molecule has 0 fully saturated rings. The van der Waals surface area contributed by atoms with Gasteiger partial charge in [0.15, 0.2) is 0 Å². The van der Waals surface area contributed by atoms with Crippen LogP contribution in [0, 0.1) is 6.92 Å². The molecule has 4 nitrogen and oxygen atoms in total. The van der Waals surface area contributed by atoms with Crippen molar-refractivity contribution in [1.82, 2.24) is 5.32 Å². The SMILES string of the molecule is Cc1cc(NC(=O)c2ccccc2Cl)sc1C(=O)NC(C)c1ccc(Br)cc1. The van der Waals surface area contributed by atoms with Gasteiger partial charge in [-0.2, -0.15) is 0 Å². The molecule has 0 aliphatic carbocycles. The Labute approximate surface area is 181 Å².